The highest BCUT2D eigenvalue weighted by Crippen LogP contribution is 2.21. The van der Waals surface area contributed by atoms with Crippen LogP contribution >= 0.6 is 0 Å². The zero-order chi connectivity index (χ0) is 14.5. The third-order valence-corrected chi connectivity index (χ3v) is 3.97. The van der Waals surface area contributed by atoms with Gasteiger partial charge in [0, 0.05) is 6.04 Å². The summed E-state index contributed by atoms with van der Waals surface area (Å²) >= 11 is 0. The first-order valence-corrected chi connectivity index (χ1v) is 7.00. The highest BCUT2D eigenvalue weighted by molar-refractivity contribution is 6.03. The molecule has 1 aliphatic rings. The van der Waals surface area contributed by atoms with Crippen molar-refractivity contribution in [2.75, 3.05) is 33.3 Å². The zero-order valence-electron chi connectivity index (χ0n) is 12.5. The number of hydrogen-bond acceptors (Lipinski definition) is 5. The first kappa shape index (κ1) is 16.1. The van der Waals surface area contributed by atoms with Crippen molar-refractivity contribution in [2.45, 2.75) is 39.7 Å². The number of Topliss-reactive ketones (excluding diaryl/α,β-unsaturated/α-hetero) is 1. The van der Waals surface area contributed by atoms with E-state index in [4.69, 9.17) is 4.74 Å². The molecule has 0 unspecified atom stereocenters. The fourth-order valence-electron chi connectivity index (χ4n) is 2.42. The Labute approximate surface area is 115 Å². The van der Waals surface area contributed by atoms with Gasteiger partial charge in [0.2, 0.25) is 0 Å². The van der Waals surface area contributed by atoms with Gasteiger partial charge in [0.05, 0.1) is 13.7 Å². The molecule has 0 atom stereocenters. The van der Waals surface area contributed by atoms with Crippen LogP contribution in [0, 0.1) is 5.41 Å². The quantitative estimate of drug-likeness (QED) is 0.572. The minimum atomic E-state index is -1.06. The molecule has 19 heavy (non-hydrogen) atoms. The molecule has 0 aromatic rings. The summed E-state index contributed by atoms with van der Waals surface area (Å²) in [6.45, 7) is 8.47. The smallest absolute Gasteiger partial charge is 0.318 e. The molecular formula is C14H26N2O3. The summed E-state index contributed by atoms with van der Waals surface area (Å²) in [6, 6.07) is 0.434. The largest absolute Gasteiger partial charge is 0.468 e. The van der Waals surface area contributed by atoms with Crippen LogP contribution in [0.5, 0.6) is 0 Å². The average Bonchev–Trinajstić information content (AvgIpc) is 2.44. The molecule has 1 aliphatic heterocycles. The monoisotopic (exact) mass is 270 g/mol. The van der Waals surface area contributed by atoms with Gasteiger partial charge >= 0.3 is 5.97 Å². The fraction of sp³-hybridized carbons (Fsp3) is 0.857. The van der Waals surface area contributed by atoms with Gasteiger partial charge in [0.15, 0.2) is 5.78 Å². The van der Waals surface area contributed by atoms with Crippen molar-refractivity contribution in [3.8, 4) is 0 Å². The van der Waals surface area contributed by atoms with E-state index in [2.05, 4.69) is 17.1 Å². The predicted octanol–water partition coefficient (Wildman–Crippen LogP) is 0.829. The van der Waals surface area contributed by atoms with Crippen molar-refractivity contribution in [2.24, 2.45) is 5.41 Å². The SMILES string of the molecule is CCN(CC(=O)C(C)(C)C(=O)OC)C1CCNCC1. The number of esters is 1. The number of carbonyl (C=O) groups is 2. The Kier molecular flexibility index (Phi) is 5.94. The van der Waals surface area contributed by atoms with E-state index in [1.807, 2.05) is 0 Å². The molecule has 5 nitrogen and oxygen atoms in total. The molecule has 0 spiro atoms. The van der Waals surface area contributed by atoms with E-state index >= 15 is 0 Å². The third kappa shape index (κ3) is 4.01. The number of ketones is 1. The van der Waals surface area contributed by atoms with E-state index in [9.17, 15) is 9.59 Å². The van der Waals surface area contributed by atoms with Crippen LogP contribution in [0.4, 0.5) is 0 Å². The van der Waals surface area contributed by atoms with Gasteiger partial charge in [-0.3, -0.25) is 14.5 Å². The molecule has 0 amide bonds. The average molecular weight is 270 g/mol. The van der Waals surface area contributed by atoms with Crippen LogP contribution in [0.2, 0.25) is 0 Å². The molecule has 0 saturated carbocycles. The summed E-state index contributed by atoms with van der Waals surface area (Å²) in [5.41, 5.74) is -1.06. The predicted molar refractivity (Wildman–Crippen MR) is 73.9 cm³/mol. The summed E-state index contributed by atoms with van der Waals surface area (Å²) in [5.74, 6) is -0.529. The number of ether oxygens (including phenoxy) is 1. The topological polar surface area (TPSA) is 58.6 Å². The Bertz CT molecular complexity index is 323. The molecule has 1 N–H and O–H groups in total. The lowest BCUT2D eigenvalue weighted by Gasteiger charge is -2.34. The van der Waals surface area contributed by atoms with Crippen molar-refractivity contribution < 1.29 is 14.3 Å². The first-order valence-electron chi connectivity index (χ1n) is 7.00. The first-order chi connectivity index (χ1) is 8.93. The number of nitrogens with one attached hydrogen (secondary N) is 1. The normalized spacial score (nSPS) is 17.5. The Morgan fingerprint density at radius 3 is 2.37 bits per heavy atom. The van der Waals surface area contributed by atoms with E-state index < -0.39 is 11.4 Å². The van der Waals surface area contributed by atoms with Crippen LogP contribution in [0.1, 0.15) is 33.6 Å². The van der Waals surface area contributed by atoms with E-state index in [1.54, 1.807) is 13.8 Å². The van der Waals surface area contributed by atoms with Gasteiger partial charge in [0.1, 0.15) is 5.41 Å². The van der Waals surface area contributed by atoms with Crippen LogP contribution in [-0.4, -0.2) is 56.0 Å². The number of carbonyl (C=O) groups excluding carboxylic acids is 2. The van der Waals surface area contributed by atoms with Crippen molar-refractivity contribution in [1.82, 2.24) is 10.2 Å². The molecule has 0 aliphatic carbocycles. The van der Waals surface area contributed by atoms with Crippen molar-refractivity contribution >= 4 is 11.8 Å². The van der Waals surface area contributed by atoms with Crippen molar-refractivity contribution in [1.29, 1.82) is 0 Å². The summed E-state index contributed by atoms with van der Waals surface area (Å²) in [6.07, 6.45) is 2.11. The Balaban J connectivity index is 2.64. The van der Waals surface area contributed by atoms with Gasteiger partial charge in [-0.1, -0.05) is 6.92 Å². The van der Waals surface area contributed by atoms with Gasteiger partial charge in [-0.15, -0.1) is 0 Å². The fourth-order valence-corrected chi connectivity index (χ4v) is 2.42. The molecule has 0 aromatic carbocycles. The van der Waals surface area contributed by atoms with E-state index in [-0.39, 0.29) is 5.78 Å². The van der Waals surface area contributed by atoms with Gasteiger partial charge in [0.25, 0.3) is 0 Å². The number of piperidine rings is 1. The minimum absolute atomic E-state index is 0.0697. The number of nitrogens with zero attached hydrogens (tertiary/aromatic N) is 1. The Morgan fingerprint density at radius 2 is 1.89 bits per heavy atom. The number of hydrogen-bond donors (Lipinski definition) is 1. The van der Waals surface area contributed by atoms with Crippen LogP contribution in [-0.2, 0) is 14.3 Å². The molecule has 1 heterocycles. The van der Waals surface area contributed by atoms with Crippen LogP contribution in [0.25, 0.3) is 0 Å². The molecule has 0 bridgehead atoms. The maximum Gasteiger partial charge on any atom is 0.318 e. The standard InChI is InChI=1S/C14H26N2O3/c1-5-16(11-6-8-15-9-7-11)10-12(17)14(2,3)13(18)19-4/h11,15H,5-10H2,1-4H3. The minimum Gasteiger partial charge on any atom is -0.468 e. The summed E-state index contributed by atoms with van der Waals surface area (Å²) in [5, 5.41) is 3.32. The lowest BCUT2D eigenvalue weighted by molar-refractivity contribution is -0.156. The Hall–Kier alpha value is -0.940. The molecular weight excluding hydrogens is 244 g/mol. The summed E-state index contributed by atoms with van der Waals surface area (Å²) in [7, 11) is 1.32. The molecule has 5 heteroatoms. The van der Waals surface area contributed by atoms with E-state index in [1.165, 1.54) is 7.11 Å². The van der Waals surface area contributed by atoms with Crippen LogP contribution < -0.4 is 5.32 Å². The lowest BCUT2D eigenvalue weighted by Crippen LogP contribution is -2.48. The second-order valence-corrected chi connectivity index (χ2v) is 5.58. The third-order valence-electron chi connectivity index (χ3n) is 3.97. The Morgan fingerprint density at radius 1 is 1.32 bits per heavy atom. The van der Waals surface area contributed by atoms with Crippen molar-refractivity contribution in [3.63, 3.8) is 0 Å². The van der Waals surface area contributed by atoms with E-state index in [0.29, 0.717) is 12.6 Å². The second-order valence-electron chi connectivity index (χ2n) is 5.58. The number of likely N-dealkylation sites (N-methyl/N-ethyl adjacent to an activating group) is 1. The maximum absolute atomic E-state index is 12.3. The van der Waals surface area contributed by atoms with Gasteiger partial charge < -0.3 is 10.1 Å². The lowest BCUT2D eigenvalue weighted by atomic mass is 9.87. The molecule has 1 fully saturated rings. The summed E-state index contributed by atoms with van der Waals surface area (Å²) in [4.78, 5) is 26.1. The molecule has 0 radical (unpaired) electrons. The highest BCUT2D eigenvalue weighted by atomic mass is 16.5. The zero-order valence-corrected chi connectivity index (χ0v) is 12.5. The molecule has 110 valence electrons. The number of methoxy groups -OCH3 is 1. The summed E-state index contributed by atoms with van der Waals surface area (Å²) < 4.78 is 4.71. The second kappa shape index (κ2) is 7.01. The van der Waals surface area contributed by atoms with Crippen molar-refractivity contribution in [3.05, 3.63) is 0 Å². The molecule has 1 rings (SSSR count). The van der Waals surface area contributed by atoms with Crippen LogP contribution in [0.3, 0.4) is 0 Å². The van der Waals surface area contributed by atoms with Crippen LogP contribution in [0.15, 0.2) is 0 Å². The van der Waals surface area contributed by atoms with Gasteiger partial charge in [-0.05, 0) is 46.3 Å². The molecule has 0 aromatic heterocycles. The number of rotatable bonds is 6. The molecule has 1 saturated heterocycles. The highest BCUT2D eigenvalue weighted by Gasteiger charge is 2.38. The van der Waals surface area contributed by atoms with Gasteiger partial charge in [-0.2, -0.15) is 0 Å². The maximum atomic E-state index is 12.3. The van der Waals surface area contributed by atoms with Gasteiger partial charge in [-0.25, -0.2) is 0 Å². The van der Waals surface area contributed by atoms with E-state index in [0.717, 1.165) is 32.5 Å².